The van der Waals surface area contributed by atoms with E-state index in [1.165, 1.54) is 12.1 Å². The summed E-state index contributed by atoms with van der Waals surface area (Å²) in [7, 11) is 3.14. The van der Waals surface area contributed by atoms with Gasteiger partial charge in [0.15, 0.2) is 11.5 Å². The van der Waals surface area contributed by atoms with Crippen LogP contribution in [0.25, 0.3) is 0 Å². The molecule has 1 heterocycles. The number of amides is 4. The van der Waals surface area contributed by atoms with Crippen molar-refractivity contribution in [3.8, 4) is 23.0 Å². The van der Waals surface area contributed by atoms with Crippen LogP contribution in [0.3, 0.4) is 0 Å². The number of ether oxygens (including phenoxy) is 3. The van der Waals surface area contributed by atoms with Crippen LogP contribution >= 0.6 is 0 Å². The van der Waals surface area contributed by atoms with Gasteiger partial charge in [0, 0.05) is 19.4 Å². The lowest BCUT2D eigenvalue weighted by atomic mass is 10.0. The summed E-state index contributed by atoms with van der Waals surface area (Å²) in [5.41, 5.74) is 1.97. The lowest BCUT2D eigenvalue weighted by Crippen LogP contribution is -2.53. The number of carbonyl (C=O) groups is 4. The van der Waals surface area contributed by atoms with Gasteiger partial charge in [-0.1, -0.05) is 44.2 Å². The summed E-state index contributed by atoms with van der Waals surface area (Å²) in [6.07, 6.45) is 1.31. The molecule has 0 fully saturated rings. The van der Waals surface area contributed by atoms with Crippen molar-refractivity contribution in [1.29, 1.82) is 0 Å². The monoisotopic (exact) mass is 674 g/mol. The van der Waals surface area contributed by atoms with Crippen molar-refractivity contribution in [2.45, 2.75) is 64.1 Å². The molecule has 3 aromatic rings. The Morgan fingerprint density at radius 1 is 0.939 bits per heavy atom. The van der Waals surface area contributed by atoms with E-state index in [0.29, 0.717) is 36.6 Å². The molecule has 0 radical (unpaired) electrons. The van der Waals surface area contributed by atoms with Crippen LogP contribution in [0.2, 0.25) is 0 Å². The zero-order valence-electron chi connectivity index (χ0n) is 28.4. The molecule has 0 saturated carbocycles. The molecule has 1 aliphatic rings. The second-order valence-electron chi connectivity index (χ2n) is 12.3. The molecule has 4 rings (SSSR count). The number of fused-ring (bicyclic) bond motifs is 1. The Hall–Kier alpha value is -5.26. The highest BCUT2D eigenvalue weighted by Gasteiger charge is 2.29. The molecule has 0 bridgehead atoms. The Morgan fingerprint density at radius 3 is 2.37 bits per heavy atom. The Labute approximate surface area is 286 Å². The van der Waals surface area contributed by atoms with Crippen molar-refractivity contribution >= 4 is 23.6 Å². The molecule has 49 heavy (non-hydrogen) atoms. The van der Waals surface area contributed by atoms with Crippen LogP contribution in [0.5, 0.6) is 23.0 Å². The number of rotatable bonds is 10. The van der Waals surface area contributed by atoms with Crippen LogP contribution in [0.1, 0.15) is 54.6 Å². The number of methoxy groups -OCH3 is 2. The lowest BCUT2D eigenvalue weighted by Gasteiger charge is -2.26. The first-order valence-corrected chi connectivity index (χ1v) is 16.5. The first-order valence-electron chi connectivity index (χ1n) is 16.5. The molecule has 0 aliphatic carbocycles. The highest BCUT2D eigenvalue weighted by atomic mass is 16.5. The van der Waals surface area contributed by atoms with Crippen molar-refractivity contribution in [3.05, 3.63) is 83.4 Å². The predicted molar refractivity (Wildman–Crippen MR) is 184 cm³/mol. The molecule has 262 valence electrons. The van der Waals surface area contributed by atoms with E-state index in [2.05, 4.69) is 21.3 Å². The van der Waals surface area contributed by atoms with E-state index in [4.69, 9.17) is 14.2 Å². The molecular formula is C37H46N4O8. The van der Waals surface area contributed by atoms with Gasteiger partial charge < -0.3 is 40.6 Å². The Bertz CT molecular complexity index is 1590. The largest absolute Gasteiger partial charge is 0.508 e. The van der Waals surface area contributed by atoms with Crippen LogP contribution in [0.15, 0.2) is 66.7 Å². The minimum Gasteiger partial charge on any atom is -0.508 e. The SMILES string of the molecule is COc1ccc(CCCNC(=O)[C@@H]2CCC(=O)N[C@@H](Cc3ccc(O)cc3)C(=O)N[C@H](C(C)C)COc3ccccc3C(=O)N2)cc1OC. The van der Waals surface area contributed by atoms with Crippen molar-refractivity contribution in [2.24, 2.45) is 5.92 Å². The van der Waals surface area contributed by atoms with Crippen LogP contribution in [-0.4, -0.2) is 74.2 Å². The Morgan fingerprint density at radius 2 is 1.65 bits per heavy atom. The third-order valence-corrected chi connectivity index (χ3v) is 8.38. The average molecular weight is 675 g/mol. The minimum absolute atomic E-state index is 0.00965. The summed E-state index contributed by atoms with van der Waals surface area (Å²) in [5.74, 6) is -0.207. The number of phenols is 1. The number of hydrogen-bond acceptors (Lipinski definition) is 8. The van der Waals surface area contributed by atoms with Gasteiger partial charge in [0.1, 0.15) is 30.2 Å². The molecule has 5 N–H and O–H groups in total. The fourth-order valence-corrected chi connectivity index (χ4v) is 5.43. The summed E-state index contributed by atoms with van der Waals surface area (Å²) in [6, 6.07) is 16.3. The van der Waals surface area contributed by atoms with E-state index >= 15 is 0 Å². The van der Waals surface area contributed by atoms with Crippen molar-refractivity contribution in [3.63, 3.8) is 0 Å². The molecular weight excluding hydrogens is 628 g/mol. The molecule has 3 atom stereocenters. The molecule has 0 spiro atoms. The summed E-state index contributed by atoms with van der Waals surface area (Å²) in [4.78, 5) is 53.9. The zero-order chi connectivity index (χ0) is 35.3. The van der Waals surface area contributed by atoms with E-state index < -0.39 is 41.8 Å². The van der Waals surface area contributed by atoms with Gasteiger partial charge in [-0.2, -0.15) is 0 Å². The molecule has 12 heteroatoms. The normalized spacial score (nSPS) is 18.8. The summed E-state index contributed by atoms with van der Waals surface area (Å²) in [6.45, 7) is 4.27. The summed E-state index contributed by atoms with van der Waals surface area (Å²) in [5, 5.41) is 21.2. The van der Waals surface area contributed by atoms with Gasteiger partial charge in [0.05, 0.1) is 25.8 Å². The molecule has 4 amide bonds. The standard InChI is InChI=1S/C37H46N4O8/c1-23(2)30-22-49-31-10-6-5-9-27(31)35(44)40-28(36(45)38-19-7-8-24-13-17-32(47-3)33(21-24)48-4)16-18-34(43)39-29(37(46)41-30)20-25-11-14-26(42)15-12-25/h5-6,9-15,17,21,23,28-30,42H,7-8,16,18-20,22H2,1-4H3,(H,38,45)(H,39,43)(H,40,44)(H,41,46)/t28-,29-,30-/m0/s1. The number of hydrogen-bond donors (Lipinski definition) is 5. The number of carbonyl (C=O) groups excluding carboxylic acids is 4. The fraction of sp³-hybridized carbons (Fsp3) is 0.405. The van der Waals surface area contributed by atoms with Crippen LogP contribution < -0.4 is 35.5 Å². The van der Waals surface area contributed by atoms with Gasteiger partial charge in [-0.15, -0.1) is 0 Å². The Kier molecular flexibility index (Phi) is 13.3. The van der Waals surface area contributed by atoms with Gasteiger partial charge in [-0.3, -0.25) is 19.2 Å². The highest BCUT2D eigenvalue weighted by molar-refractivity contribution is 5.99. The number of benzene rings is 3. The predicted octanol–water partition coefficient (Wildman–Crippen LogP) is 3.30. The quantitative estimate of drug-likeness (QED) is 0.205. The van der Waals surface area contributed by atoms with E-state index in [1.807, 2.05) is 32.0 Å². The number of nitrogens with one attached hydrogen (secondary N) is 4. The number of para-hydroxylation sites is 1. The molecule has 0 aromatic heterocycles. The van der Waals surface area contributed by atoms with Crippen molar-refractivity contribution in [1.82, 2.24) is 21.3 Å². The van der Waals surface area contributed by atoms with Gasteiger partial charge in [0.25, 0.3) is 5.91 Å². The van der Waals surface area contributed by atoms with Gasteiger partial charge in [0.2, 0.25) is 17.7 Å². The maximum Gasteiger partial charge on any atom is 0.255 e. The first-order chi connectivity index (χ1) is 23.6. The maximum atomic E-state index is 13.6. The van der Waals surface area contributed by atoms with Crippen LogP contribution in [0, 0.1) is 5.92 Å². The fourth-order valence-electron chi connectivity index (χ4n) is 5.43. The van der Waals surface area contributed by atoms with Crippen LogP contribution in [-0.2, 0) is 27.2 Å². The zero-order valence-corrected chi connectivity index (χ0v) is 28.4. The third-order valence-electron chi connectivity index (χ3n) is 8.38. The van der Waals surface area contributed by atoms with Crippen LogP contribution in [0.4, 0.5) is 0 Å². The molecule has 3 aromatic carbocycles. The van der Waals surface area contributed by atoms with E-state index in [1.54, 1.807) is 50.6 Å². The lowest BCUT2D eigenvalue weighted by molar-refractivity contribution is -0.130. The second-order valence-corrected chi connectivity index (χ2v) is 12.3. The number of aryl methyl sites for hydroxylation is 1. The average Bonchev–Trinajstić information content (AvgIpc) is 3.10. The van der Waals surface area contributed by atoms with Crippen molar-refractivity contribution in [2.75, 3.05) is 27.4 Å². The molecule has 0 unspecified atom stereocenters. The molecule has 12 nitrogen and oxygen atoms in total. The van der Waals surface area contributed by atoms with Crippen molar-refractivity contribution < 1.29 is 38.5 Å². The molecule has 1 aliphatic heterocycles. The highest BCUT2D eigenvalue weighted by Crippen LogP contribution is 2.28. The van der Waals surface area contributed by atoms with Gasteiger partial charge in [-0.05, 0) is 72.7 Å². The second kappa shape index (κ2) is 17.8. The first kappa shape index (κ1) is 36.6. The third kappa shape index (κ3) is 10.6. The summed E-state index contributed by atoms with van der Waals surface area (Å²) >= 11 is 0. The van der Waals surface area contributed by atoms with Gasteiger partial charge >= 0.3 is 0 Å². The smallest absolute Gasteiger partial charge is 0.255 e. The summed E-state index contributed by atoms with van der Waals surface area (Å²) < 4.78 is 16.8. The van der Waals surface area contributed by atoms with E-state index in [0.717, 1.165) is 11.1 Å². The number of aromatic hydroxyl groups is 1. The van der Waals surface area contributed by atoms with E-state index in [-0.39, 0.29) is 43.1 Å². The topological polar surface area (TPSA) is 164 Å². The molecule has 0 saturated heterocycles. The van der Waals surface area contributed by atoms with Gasteiger partial charge in [-0.25, -0.2) is 0 Å². The van der Waals surface area contributed by atoms with E-state index in [9.17, 15) is 24.3 Å². The minimum atomic E-state index is -1.04. The maximum absolute atomic E-state index is 13.6. The Balaban J connectivity index is 1.51. The number of phenolic OH excluding ortho intramolecular Hbond substituents is 1.